The second kappa shape index (κ2) is 11.5. The molecule has 0 saturated carbocycles. The van der Waals surface area contributed by atoms with Crippen LogP contribution in [-0.2, 0) is 4.79 Å². The van der Waals surface area contributed by atoms with E-state index in [2.05, 4.69) is 0 Å². The van der Waals surface area contributed by atoms with E-state index in [0.29, 0.717) is 13.0 Å². The molecule has 0 aliphatic carbocycles. The average Bonchev–Trinajstić information content (AvgIpc) is 2.26. The fourth-order valence-electron chi connectivity index (χ4n) is 1.51. The zero-order chi connectivity index (χ0) is 11.4. The lowest BCUT2D eigenvalue weighted by Gasteiger charge is -2.01. The van der Waals surface area contributed by atoms with Crippen molar-refractivity contribution in [3.63, 3.8) is 0 Å². The van der Waals surface area contributed by atoms with Crippen molar-refractivity contribution in [3.8, 4) is 0 Å². The molecule has 0 aromatic rings. The van der Waals surface area contributed by atoms with Crippen LogP contribution in [0.1, 0.15) is 57.8 Å². The highest BCUT2D eigenvalue weighted by molar-refractivity contribution is 5.74. The quantitative estimate of drug-likeness (QED) is 0.298. The van der Waals surface area contributed by atoms with Crippen LogP contribution in [0.4, 0.5) is 0 Å². The second-order valence-electron chi connectivity index (χ2n) is 3.84. The average molecular weight is 217 g/mol. The van der Waals surface area contributed by atoms with Gasteiger partial charge in [-0.25, -0.2) is 5.48 Å². The summed E-state index contributed by atoms with van der Waals surface area (Å²) in [6.07, 6.45) is 9.10. The Hall–Kier alpha value is -0.610. The Balaban J connectivity index is 2.95. The largest absolute Gasteiger partial charge is 0.396 e. The molecule has 0 rings (SSSR count). The summed E-state index contributed by atoms with van der Waals surface area (Å²) in [5.74, 6) is -0.294. The molecule has 0 fully saturated rings. The predicted octanol–water partition coefficient (Wildman–Crippen LogP) is 1.99. The number of carbonyl (C=O) groups is 1. The number of aliphatic hydroxyl groups excluding tert-OH is 1. The van der Waals surface area contributed by atoms with Gasteiger partial charge in [-0.15, -0.1) is 0 Å². The lowest BCUT2D eigenvalue weighted by Crippen LogP contribution is -2.17. The van der Waals surface area contributed by atoms with Gasteiger partial charge in [0.05, 0.1) is 0 Å². The minimum Gasteiger partial charge on any atom is -0.396 e. The molecule has 0 radical (unpaired) electrons. The SMILES string of the molecule is O=C(CCCCCCCCCCO)NO. The van der Waals surface area contributed by atoms with Crippen LogP contribution in [0, 0.1) is 0 Å². The number of aliphatic hydroxyl groups is 1. The smallest absolute Gasteiger partial charge is 0.243 e. The summed E-state index contributed by atoms with van der Waals surface area (Å²) in [5.41, 5.74) is 1.63. The van der Waals surface area contributed by atoms with Gasteiger partial charge in [0, 0.05) is 13.0 Å². The van der Waals surface area contributed by atoms with Crippen molar-refractivity contribution in [1.29, 1.82) is 0 Å². The Bertz CT molecular complexity index is 151. The summed E-state index contributed by atoms with van der Waals surface area (Å²) in [4.78, 5) is 10.6. The van der Waals surface area contributed by atoms with Gasteiger partial charge in [0.2, 0.25) is 5.91 Å². The van der Waals surface area contributed by atoms with Gasteiger partial charge in [0.15, 0.2) is 0 Å². The predicted molar refractivity (Wildman–Crippen MR) is 58.6 cm³/mol. The first-order chi connectivity index (χ1) is 7.31. The van der Waals surface area contributed by atoms with Crippen LogP contribution in [0.15, 0.2) is 0 Å². The van der Waals surface area contributed by atoms with Crippen molar-refractivity contribution in [2.24, 2.45) is 0 Å². The molecule has 0 unspecified atom stereocenters. The molecule has 4 heteroatoms. The molecule has 0 bridgehead atoms. The number of unbranched alkanes of at least 4 members (excludes halogenated alkanes) is 7. The fourth-order valence-corrected chi connectivity index (χ4v) is 1.51. The van der Waals surface area contributed by atoms with Crippen LogP contribution in [0.2, 0.25) is 0 Å². The number of hydrogen-bond acceptors (Lipinski definition) is 3. The summed E-state index contributed by atoms with van der Waals surface area (Å²) in [6.45, 7) is 0.302. The Morgan fingerprint density at radius 3 is 1.80 bits per heavy atom. The standard InChI is InChI=1S/C11H23NO3/c13-10-8-6-4-2-1-3-5-7-9-11(14)12-15/h13,15H,1-10H2,(H,12,14). The zero-order valence-electron chi connectivity index (χ0n) is 9.37. The number of hydroxylamine groups is 1. The topological polar surface area (TPSA) is 69.6 Å². The Kier molecular flexibility index (Phi) is 11.0. The number of rotatable bonds is 10. The van der Waals surface area contributed by atoms with Crippen LogP contribution < -0.4 is 5.48 Å². The van der Waals surface area contributed by atoms with E-state index in [1.807, 2.05) is 0 Å². The van der Waals surface area contributed by atoms with E-state index in [9.17, 15) is 4.79 Å². The summed E-state index contributed by atoms with van der Waals surface area (Å²) in [6, 6.07) is 0. The molecule has 0 aromatic carbocycles. The van der Waals surface area contributed by atoms with Gasteiger partial charge in [-0.2, -0.15) is 0 Å². The van der Waals surface area contributed by atoms with Gasteiger partial charge in [-0.05, 0) is 12.8 Å². The van der Waals surface area contributed by atoms with Crippen LogP contribution in [-0.4, -0.2) is 22.8 Å². The molecule has 0 heterocycles. The molecule has 3 N–H and O–H groups in total. The van der Waals surface area contributed by atoms with Crippen LogP contribution in [0.5, 0.6) is 0 Å². The van der Waals surface area contributed by atoms with Crippen molar-refractivity contribution >= 4 is 5.91 Å². The van der Waals surface area contributed by atoms with Crippen molar-refractivity contribution in [1.82, 2.24) is 5.48 Å². The molecule has 0 saturated heterocycles. The lowest BCUT2D eigenvalue weighted by molar-refractivity contribution is -0.129. The molecular weight excluding hydrogens is 194 g/mol. The summed E-state index contributed by atoms with van der Waals surface area (Å²) < 4.78 is 0. The van der Waals surface area contributed by atoms with E-state index in [1.54, 1.807) is 5.48 Å². The molecule has 1 amide bonds. The van der Waals surface area contributed by atoms with Crippen LogP contribution in [0.25, 0.3) is 0 Å². The van der Waals surface area contributed by atoms with Crippen LogP contribution >= 0.6 is 0 Å². The van der Waals surface area contributed by atoms with E-state index < -0.39 is 0 Å². The first kappa shape index (κ1) is 14.4. The van der Waals surface area contributed by atoms with Crippen LogP contribution in [0.3, 0.4) is 0 Å². The Morgan fingerprint density at radius 1 is 0.867 bits per heavy atom. The number of nitrogens with one attached hydrogen (secondary N) is 1. The summed E-state index contributed by atoms with van der Waals surface area (Å²) >= 11 is 0. The van der Waals surface area contributed by atoms with Crippen molar-refractivity contribution in [2.45, 2.75) is 57.8 Å². The highest BCUT2D eigenvalue weighted by Crippen LogP contribution is 2.09. The highest BCUT2D eigenvalue weighted by Gasteiger charge is 1.97. The summed E-state index contributed by atoms with van der Waals surface area (Å²) in [7, 11) is 0. The van der Waals surface area contributed by atoms with E-state index in [1.165, 1.54) is 19.3 Å². The molecule has 0 spiro atoms. The lowest BCUT2D eigenvalue weighted by atomic mass is 10.1. The third-order valence-corrected chi connectivity index (χ3v) is 2.44. The molecule has 0 aliphatic heterocycles. The van der Waals surface area contributed by atoms with E-state index in [4.69, 9.17) is 10.3 Å². The Labute approximate surface area is 91.6 Å². The van der Waals surface area contributed by atoms with Crippen molar-refractivity contribution in [3.05, 3.63) is 0 Å². The minimum atomic E-state index is -0.294. The summed E-state index contributed by atoms with van der Waals surface area (Å²) in [5, 5.41) is 16.8. The van der Waals surface area contributed by atoms with E-state index >= 15 is 0 Å². The van der Waals surface area contributed by atoms with Gasteiger partial charge in [0.1, 0.15) is 0 Å². The molecule has 15 heavy (non-hydrogen) atoms. The Morgan fingerprint density at radius 2 is 1.33 bits per heavy atom. The maximum Gasteiger partial charge on any atom is 0.243 e. The monoisotopic (exact) mass is 217 g/mol. The molecule has 90 valence electrons. The molecular formula is C11H23NO3. The minimum absolute atomic E-state index is 0.294. The van der Waals surface area contributed by atoms with Gasteiger partial charge in [0.25, 0.3) is 0 Å². The third-order valence-electron chi connectivity index (χ3n) is 2.44. The van der Waals surface area contributed by atoms with Crippen molar-refractivity contribution < 1.29 is 15.1 Å². The van der Waals surface area contributed by atoms with Gasteiger partial charge < -0.3 is 5.11 Å². The fraction of sp³-hybridized carbons (Fsp3) is 0.909. The molecule has 0 aromatic heterocycles. The normalized spacial score (nSPS) is 10.3. The number of carbonyl (C=O) groups excluding carboxylic acids is 1. The third kappa shape index (κ3) is 11.3. The maximum atomic E-state index is 10.6. The van der Waals surface area contributed by atoms with Gasteiger partial charge in [-0.1, -0.05) is 38.5 Å². The van der Waals surface area contributed by atoms with Gasteiger partial charge in [-0.3, -0.25) is 10.0 Å². The first-order valence-electron chi connectivity index (χ1n) is 5.85. The second-order valence-corrected chi connectivity index (χ2v) is 3.84. The highest BCUT2D eigenvalue weighted by atomic mass is 16.5. The zero-order valence-corrected chi connectivity index (χ0v) is 9.37. The number of amides is 1. The number of hydrogen-bond donors (Lipinski definition) is 3. The first-order valence-corrected chi connectivity index (χ1v) is 5.85. The van der Waals surface area contributed by atoms with E-state index in [-0.39, 0.29) is 5.91 Å². The maximum absolute atomic E-state index is 10.6. The molecule has 4 nitrogen and oxygen atoms in total. The van der Waals surface area contributed by atoms with Gasteiger partial charge >= 0.3 is 0 Å². The van der Waals surface area contributed by atoms with E-state index in [0.717, 1.165) is 32.1 Å². The van der Waals surface area contributed by atoms with Crippen molar-refractivity contribution in [2.75, 3.05) is 6.61 Å². The molecule has 0 atom stereocenters. The molecule has 0 aliphatic rings.